The standard InChI is InChI=1S/C21H25N3O3S2/c25-29(26)20-8-2-1-7-19(20)21(23-29)22-9-4-12-27-18-6-3-5-17(15-18)16-24-10-13-28-14-11-24/h1-3,5-8,15H,4,9-14,16H2,(H,22,23). The van der Waals surface area contributed by atoms with Crippen molar-refractivity contribution in [2.75, 3.05) is 37.7 Å². The first-order valence-corrected chi connectivity index (χ1v) is 12.4. The van der Waals surface area contributed by atoms with Crippen molar-refractivity contribution < 1.29 is 13.2 Å². The summed E-state index contributed by atoms with van der Waals surface area (Å²) in [4.78, 5) is 2.75. The lowest BCUT2D eigenvalue weighted by molar-refractivity contribution is 0.291. The van der Waals surface area contributed by atoms with Crippen LogP contribution in [-0.2, 0) is 16.6 Å². The first-order chi connectivity index (χ1) is 14.1. The molecule has 1 fully saturated rings. The fourth-order valence-corrected chi connectivity index (χ4v) is 5.63. The summed E-state index contributed by atoms with van der Waals surface area (Å²) in [6.07, 6.45) is 0.745. The lowest BCUT2D eigenvalue weighted by Gasteiger charge is -2.26. The highest BCUT2D eigenvalue weighted by Gasteiger charge is 2.27. The first kappa shape index (κ1) is 20.3. The molecular weight excluding hydrogens is 406 g/mol. The van der Waals surface area contributed by atoms with Gasteiger partial charge in [0.1, 0.15) is 16.5 Å². The van der Waals surface area contributed by atoms with Crippen LogP contribution in [0.25, 0.3) is 0 Å². The minimum absolute atomic E-state index is 0.267. The number of ether oxygens (including phenoxy) is 1. The molecule has 6 nitrogen and oxygen atoms in total. The maximum atomic E-state index is 12.1. The summed E-state index contributed by atoms with van der Waals surface area (Å²) >= 11 is 2.02. The monoisotopic (exact) mass is 431 g/mol. The van der Waals surface area contributed by atoms with Crippen molar-refractivity contribution in [3.05, 3.63) is 59.7 Å². The predicted octanol–water partition coefficient (Wildman–Crippen LogP) is 2.74. The zero-order chi connectivity index (χ0) is 20.1. The van der Waals surface area contributed by atoms with Gasteiger partial charge >= 0.3 is 0 Å². The van der Waals surface area contributed by atoms with E-state index in [1.165, 1.54) is 17.1 Å². The Balaban J connectivity index is 1.24. The molecule has 2 aliphatic heterocycles. The predicted molar refractivity (Wildman–Crippen MR) is 117 cm³/mol. The van der Waals surface area contributed by atoms with E-state index in [2.05, 4.69) is 26.7 Å². The molecule has 29 heavy (non-hydrogen) atoms. The van der Waals surface area contributed by atoms with Crippen molar-refractivity contribution >= 4 is 27.6 Å². The Morgan fingerprint density at radius 1 is 1.10 bits per heavy atom. The molecule has 0 saturated carbocycles. The largest absolute Gasteiger partial charge is 0.494 e. The van der Waals surface area contributed by atoms with Gasteiger partial charge in [0.25, 0.3) is 10.0 Å². The van der Waals surface area contributed by atoms with Crippen molar-refractivity contribution in [1.82, 2.24) is 10.2 Å². The molecule has 0 bridgehead atoms. The van der Waals surface area contributed by atoms with Gasteiger partial charge in [0.05, 0.1) is 6.61 Å². The second-order valence-corrected chi connectivity index (χ2v) is 9.87. The van der Waals surface area contributed by atoms with E-state index in [0.717, 1.165) is 31.8 Å². The number of nitrogens with one attached hydrogen (secondary N) is 1. The molecule has 4 rings (SSSR count). The van der Waals surface area contributed by atoms with Gasteiger partial charge in [0, 0.05) is 43.2 Å². The van der Waals surface area contributed by atoms with Gasteiger partial charge < -0.3 is 10.1 Å². The molecule has 2 heterocycles. The van der Waals surface area contributed by atoms with Crippen molar-refractivity contribution in [2.45, 2.75) is 17.9 Å². The molecule has 154 valence electrons. The van der Waals surface area contributed by atoms with Crippen LogP contribution in [0.3, 0.4) is 0 Å². The van der Waals surface area contributed by atoms with Gasteiger partial charge in [0.2, 0.25) is 0 Å². The molecular formula is C21H25N3O3S2. The zero-order valence-electron chi connectivity index (χ0n) is 16.2. The number of hydrogen-bond acceptors (Lipinski definition) is 6. The fourth-order valence-electron chi connectivity index (χ4n) is 3.45. The van der Waals surface area contributed by atoms with E-state index in [9.17, 15) is 8.42 Å². The summed E-state index contributed by atoms with van der Waals surface area (Å²) < 4.78 is 33.8. The van der Waals surface area contributed by atoms with E-state index in [1.54, 1.807) is 18.2 Å². The number of thioether (sulfide) groups is 1. The van der Waals surface area contributed by atoms with Gasteiger partial charge in [-0.15, -0.1) is 4.40 Å². The van der Waals surface area contributed by atoms with Gasteiger partial charge in [-0.1, -0.05) is 24.3 Å². The van der Waals surface area contributed by atoms with Crippen LogP contribution in [0.4, 0.5) is 0 Å². The Kier molecular flexibility index (Phi) is 6.42. The number of amidine groups is 1. The van der Waals surface area contributed by atoms with Crippen molar-refractivity contribution in [2.24, 2.45) is 4.40 Å². The number of fused-ring (bicyclic) bond motifs is 1. The van der Waals surface area contributed by atoms with E-state index in [1.807, 2.05) is 30.0 Å². The van der Waals surface area contributed by atoms with Gasteiger partial charge in [-0.05, 0) is 36.2 Å². The van der Waals surface area contributed by atoms with E-state index >= 15 is 0 Å². The number of nitrogens with zero attached hydrogens (tertiary/aromatic N) is 2. The van der Waals surface area contributed by atoms with E-state index < -0.39 is 10.0 Å². The first-order valence-electron chi connectivity index (χ1n) is 9.82. The van der Waals surface area contributed by atoms with E-state index in [4.69, 9.17) is 4.74 Å². The topological polar surface area (TPSA) is 71.0 Å². The highest BCUT2D eigenvalue weighted by atomic mass is 32.2. The Labute approximate surface area is 176 Å². The van der Waals surface area contributed by atoms with Crippen molar-refractivity contribution in [1.29, 1.82) is 0 Å². The third kappa shape index (κ3) is 5.12. The lowest BCUT2D eigenvalue weighted by Crippen LogP contribution is -2.31. The average Bonchev–Trinajstić information content (AvgIpc) is 2.99. The zero-order valence-corrected chi connectivity index (χ0v) is 17.8. The van der Waals surface area contributed by atoms with Crippen LogP contribution in [0.2, 0.25) is 0 Å². The molecule has 0 unspecified atom stereocenters. The molecule has 0 atom stereocenters. The van der Waals surface area contributed by atoms with Gasteiger partial charge in [-0.3, -0.25) is 4.90 Å². The molecule has 2 aliphatic rings. The fraction of sp³-hybridized carbons (Fsp3) is 0.381. The van der Waals surface area contributed by atoms with Crippen LogP contribution in [0.15, 0.2) is 57.8 Å². The Morgan fingerprint density at radius 3 is 2.79 bits per heavy atom. The van der Waals surface area contributed by atoms with Crippen LogP contribution >= 0.6 is 11.8 Å². The third-order valence-electron chi connectivity index (χ3n) is 4.92. The lowest BCUT2D eigenvalue weighted by atomic mass is 10.2. The quantitative estimate of drug-likeness (QED) is 0.680. The Hall–Kier alpha value is -2.03. The second-order valence-electron chi connectivity index (χ2n) is 7.08. The third-order valence-corrected chi connectivity index (χ3v) is 7.20. The average molecular weight is 432 g/mol. The maximum absolute atomic E-state index is 12.1. The van der Waals surface area contributed by atoms with Crippen LogP contribution in [-0.4, -0.2) is 56.9 Å². The maximum Gasteiger partial charge on any atom is 0.285 e. The van der Waals surface area contributed by atoms with Gasteiger partial charge in [-0.2, -0.15) is 20.2 Å². The highest BCUT2D eigenvalue weighted by Crippen LogP contribution is 2.24. The van der Waals surface area contributed by atoms with Crippen LogP contribution in [0, 0.1) is 0 Å². The van der Waals surface area contributed by atoms with Crippen LogP contribution in [0.1, 0.15) is 17.5 Å². The number of rotatable bonds is 7. The smallest absolute Gasteiger partial charge is 0.285 e. The molecule has 0 radical (unpaired) electrons. The van der Waals surface area contributed by atoms with Gasteiger partial charge in [0.15, 0.2) is 0 Å². The minimum Gasteiger partial charge on any atom is -0.494 e. The van der Waals surface area contributed by atoms with E-state index in [-0.39, 0.29) is 4.90 Å². The molecule has 0 spiro atoms. The van der Waals surface area contributed by atoms with Crippen molar-refractivity contribution in [3.8, 4) is 5.75 Å². The molecule has 0 aliphatic carbocycles. The Bertz CT molecular complexity index is 986. The summed E-state index contributed by atoms with van der Waals surface area (Å²) in [6.45, 7) is 4.40. The summed E-state index contributed by atoms with van der Waals surface area (Å²) in [6, 6.07) is 15.2. The molecule has 2 aromatic rings. The molecule has 2 aromatic carbocycles. The van der Waals surface area contributed by atoms with E-state index in [0.29, 0.717) is 24.6 Å². The summed E-state index contributed by atoms with van der Waals surface area (Å²) in [5, 5.41) is 3.13. The number of sulfonamides is 1. The number of hydrogen-bond donors (Lipinski definition) is 1. The van der Waals surface area contributed by atoms with Crippen LogP contribution < -0.4 is 10.1 Å². The molecule has 1 N–H and O–H groups in total. The highest BCUT2D eigenvalue weighted by molar-refractivity contribution is 7.99. The van der Waals surface area contributed by atoms with Crippen molar-refractivity contribution in [3.63, 3.8) is 0 Å². The molecule has 0 aromatic heterocycles. The summed E-state index contributed by atoms with van der Waals surface area (Å²) in [5.74, 6) is 3.71. The summed E-state index contributed by atoms with van der Waals surface area (Å²) in [5.41, 5.74) is 1.91. The minimum atomic E-state index is -3.57. The normalized spacial score (nSPS) is 18.1. The second kappa shape index (κ2) is 9.19. The molecule has 1 saturated heterocycles. The van der Waals surface area contributed by atoms with Crippen LogP contribution in [0.5, 0.6) is 5.75 Å². The number of benzene rings is 2. The molecule has 0 amide bonds. The SMILES string of the molecule is O=S1(=O)N=C(NCCCOc2cccc(CN3CCSCC3)c2)c2ccccc21. The summed E-state index contributed by atoms with van der Waals surface area (Å²) in [7, 11) is -3.57. The molecule has 8 heteroatoms. The van der Waals surface area contributed by atoms with Gasteiger partial charge in [-0.25, -0.2) is 0 Å². The Morgan fingerprint density at radius 2 is 1.93 bits per heavy atom.